The highest BCUT2D eigenvalue weighted by molar-refractivity contribution is 5.94. The molecule has 1 aliphatic rings. The number of benzene rings is 1. The second-order valence-electron chi connectivity index (χ2n) is 7.89. The minimum absolute atomic E-state index is 0.0309. The monoisotopic (exact) mass is 411 g/mol. The first kappa shape index (κ1) is 21.7. The number of aromatic nitrogens is 2. The lowest BCUT2D eigenvalue weighted by Crippen LogP contribution is -2.40. The average molecular weight is 412 g/mol. The van der Waals surface area contributed by atoms with Crippen LogP contribution in [-0.4, -0.2) is 52.9 Å². The number of anilines is 1. The van der Waals surface area contributed by atoms with E-state index in [1.54, 1.807) is 4.90 Å². The van der Waals surface area contributed by atoms with Crippen molar-refractivity contribution in [1.29, 1.82) is 0 Å². The second-order valence-corrected chi connectivity index (χ2v) is 7.89. The second kappa shape index (κ2) is 10.2. The Morgan fingerprint density at radius 2 is 1.97 bits per heavy atom. The minimum atomic E-state index is -0.446. The number of hydrogen-bond acceptors (Lipinski definition) is 5. The molecule has 2 N–H and O–H groups in total. The number of nitrogens with zero attached hydrogens (tertiary/aromatic N) is 3. The van der Waals surface area contributed by atoms with Gasteiger partial charge in [0.25, 0.3) is 11.5 Å². The van der Waals surface area contributed by atoms with E-state index in [0.29, 0.717) is 45.6 Å². The van der Waals surface area contributed by atoms with E-state index in [1.807, 2.05) is 43.0 Å². The highest BCUT2D eigenvalue weighted by atomic mass is 16.2. The number of carbonyl (C=O) groups excluding carboxylic acids is 2. The number of H-pyrrole nitrogens is 1. The normalized spacial score (nSPS) is 15.4. The summed E-state index contributed by atoms with van der Waals surface area (Å²) in [5, 5.41) is 3.36. The lowest BCUT2D eigenvalue weighted by Gasteiger charge is -2.27. The van der Waals surface area contributed by atoms with Crippen LogP contribution >= 0.6 is 0 Å². The van der Waals surface area contributed by atoms with Gasteiger partial charge in [0.05, 0.1) is 6.33 Å². The predicted molar refractivity (Wildman–Crippen MR) is 115 cm³/mol. The zero-order valence-corrected chi connectivity index (χ0v) is 17.6. The van der Waals surface area contributed by atoms with Gasteiger partial charge >= 0.3 is 0 Å². The molecule has 3 rings (SSSR count). The number of rotatable bonds is 3. The Kier molecular flexibility index (Phi) is 7.35. The Hall–Kier alpha value is -3.00. The smallest absolute Gasteiger partial charge is 0.263 e. The summed E-state index contributed by atoms with van der Waals surface area (Å²) in [6.45, 7) is 6.66. The average Bonchev–Trinajstić information content (AvgIpc) is 2.76. The van der Waals surface area contributed by atoms with Crippen molar-refractivity contribution in [3.63, 3.8) is 0 Å². The number of aromatic amines is 1. The SMILES string of the molecule is CC(C)CC(=O)N1CCCN(C(=O)c2cnc[nH]c2=O)CCNCc2ccccc21. The fourth-order valence-corrected chi connectivity index (χ4v) is 3.60. The Bertz CT molecular complexity index is 940. The zero-order valence-electron chi connectivity index (χ0n) is 17.6. The summed E-state index contributed by atoms with van der Waals surface area (Å²) in [5.41, 5.74) is 1.55. The van der Waals surface area contributed by atoms with Gasteiger partial charge in [-0.15, -0.1) is 0 Å². The molecule has 0 saturated carbocycles. The van der Waals surface area contributed by atoms with Gasteiger partial charge in [0.2, 0.25) is 5.91 Å². The third kappa shape index (κ3) is 5.33. The molecule has 0 fully saturated rings. The van der Waals surface area contributed by atoms with Gasteiger partial charge in [-0.1, -0.05) is 32.0 Å². The topological polar surface area (TPSA) is 98.4 Å². The fraction of sp³-hybridized carbons (Fsp3) is 0.455. The molecule has 1 aromatic heterocycles. The number of para-hydroxylation sites is 1. The number of hydrogen-bond donors (Lipinski definition) is 2. The van der Waals surface area contributed by atoms with Gasteiger partial charge in [-0.25, -0.2) is 4.98 Å². The van der Waals surface area contributed by atoms with Gasteiger partial charge in [0.1, 0.15) is 5.56 Å². The lowest BCUT2D eigenvalue weighted by molar-refractivity contribution is -0.119. The maximum absolute atomic E-state index is 13.0. The highest BCUT2D eigenvalue weighted by Crippen LogP contribution is 2.23. The third-order valence-electron chi connectivity index (χ3n) is 5.09. The van der Waals surface area contributed by atoms with Crippen LogP contribution in [0.4, 0.5) is 5.69 Å². The van der Waals surface area contributed by atoms with Crippen LogP contribution in [0.1, 0.15) is 42.6 Å². The first-order chi connectivity index (χ1) is 14.5. The number of fused-ring (bicyclic) bond motifs is 1. The molecule has 0 radical (unpaired) electrons. The van der Waals surface area contributed by atoms with Crippen LogP contribution in [0.25, 0.3) is 0 Å². The number of carbonyl (C=O) groups is 2. The fourth-order valence-electron chi connectivity index (χ4n) is 3.60. The van der Waals surface area contributed by atoms with E-state index in [9.17, 15) is 14.4 Å². The van der Waals surface area contributed by atoms with Crippen molar-refractivity contribution in [2.24, 2.45) is 5.92 Å². The Labute approximate surface area is 176 Å². The Morgan fingerprint density at radius 3 is 2.73 bits per heavy atom. The molecular weight excluding hydrogens is 382 g/mol. The number of amides is 2. The summed E-state index contributed by atoms with van der Waals surface area (Å²) in [6.07, 6.45) is 3.65. The van der Waals surface area contributed by atoms with Crippen LogP contribution in [0.3, 0.4) is 0 Å². The molecule has 0 saturated heterocycles. The molecule has 30 heavy (non-hydrogen) atoms. The van der Waals surface area contributed by atoms with Crippen LogP contribution in [0.2, 0.25) is 0 Å². The maximum atomic E-state index is 13.0. The molecule has 2 aromatic rings. The van der Waals surface area contributed by atoms with Gasteiger partial charge in [-0.3, -0.25) is 14.4 Å². The zero-order chi connectivity index (χ0) is 21.5. The molecule has 0 aliphatic carbocycles. The largest absolute Gasteiger partial charge is 0.337 e. The van der Waals surface area contributed by atoms with Gasteiger partial charge < -0.3 is 20.1 Å². The lowest BCUT2D eigenvalue weighted by atomic mass is 10.1. The maximum Gasteiger partial charge on any atom is 0.263 e. The molecule has 0 spiro atoms. The summed E-state index contributed by atoms with van der Waals surface area (Å²) in [7, 11) is 0. The van der Waals surface area contributed by atoms with Gasteiger partial charge in [0.15, 0.2) is 0 Å². The first-order valence-corrected chi connectivity index (χ1v) is 10.4. The van der Waals surface area contributed by atoms with Crippen molar-refractivity contribution in [1.82, 2.24) is 20.2 Å². The summed E-state index contributed by atoms with van der Waals surface area (Å²) in [5.74, 6) is -0.00222. The molecular formula is C22H29N5O3. The summed E-state index contributed by atoms with van der Waals surface area (Å²) >= 11 is 0. The van der Waals surface area contributed by atoms with Crippen molar-refractivity contribution >= 4 is 17.5 Å². The first-order valence-electron chi connectivity index (χ1n) is 10.4. The molecule has 2 heterocycles. The van der Waals surface area contributed by atoms with Crippen molar-refractivity contribution < 1.29 is 9.59 Å². The van der Waals surface area contributed by atoms with E-state index in [-0.39, 0.29) is 23.3 Å². The number of nitrogens with one attached hydrogen (secondary N) is 2. The predicted octanol–water partition coefficient (Wildman–Crippen LogP) is 1.78. The summed E-state index contributed by atoms with van der Waals surface area (Å²) in [6, 6.07) is 7.91. The molecule has 2 amide bonds. The van der Waals surface area contributed by atoms with Crippen molar-refractivity contribution in [3.05, 3.63) is 58.3 Å². The van der Waals surface area contributed by atoms with Crippen molar-refractivity contribution in [2.75, 3.05) is 31.1 Å². The van der Waals surface area contributed by atoms with E-state index in [4.69, 9.17) is 0 Å². The van der Waals surface area contributed by atoms with E-state index >= 15 is 0 Å². The molecule has 0 unspecified atom stereocenters. The highest BCUT2D eigenvalue weighted by Gasteiger charge is 2.23. The van der Waals surface area contributed by atoms with Gasteiger partial charge in [0, 0.05) is 51.0 Å². The molecule has 0 atom stereocenters. The summed E-state index contributed by atoms with van der Waals surface area (Å²) < 4.78 is 0. The van der Waals surface area contributed by atoms with Crippen molar-refractivity contribution in [2.45, 2.75) is 33.2 Å². The van der Waals surface area contributed by atoms with Gasteiger partial charge in [-0.05, 0) is 24.0 Å². The van der Waals surface area contributed by atoms with Crippen molar-refractivity contribution in [3.8, 4) is 0 Å². The van der Waals surface area contributed by atoms with Crippen LogP contribution in [0.15, 0.2) is 41.6 Å². The van der Waals surface area contributed by atoms with Crippen LogP contribution in [0, 0.1) is 5.92 Å². The molecule has 8 heteroatoms. The molecule has 8 nitrogen and oxygen atoms in total. The van der Waals surface area contributed by atoms with E-state index in [2.05, 4.69) is 15.3 Å². The van der Waals surface area contributed by atoms with Gasteiger partial charge in [-0.2, -0.15) is 0 Å². The van der Waals surface area contributed by atoms with E-state index in [1.165, 1.54) is 12.5 Å². The Morgan fingerprint density at radius 1 is 1.17 bits per heavy atom. The molecule has 160 valence electrons. The standard InChI is InChI=1S/C22H29N5O3/c1-16(2)12-20(28)27-10-5-9-26(22(30)18-14-24-15-25-21(18)29)11-8-23-13-17-6-3-4-7-19(17)27/h3-4,6-7,14-16,23H,5,8-13H2,1-2H3,(H,24,25,29). The minimum Gasteiger partial charge on any atom is -0.337 e. The van der Waals surface area contributed by atoms with Crippen LogP contribution < -0.4 is 15.8 Å². The van der Waals surface area contributed by atoms with E-state index in [0.717, 1.165) is 11.3 Å². The van der Waals surface area contributed by atoms with Crippen LogP contribution in [-0.2, 0) is 11.3 Å². The summed E-state index contributed by atoms with van der Waals surface area (Å²) in [4.78, 5) is 47.7. The van der Waals surface area contributed by atoms with E-state index < -0.39 is 5.56 Å². The molecule has 1 aliphatic heterocycles. The molecule has 1 aromatic carbocycles. The quantitative estimate of drug-likeness (QED) is 0.802. The molecule has 0 bridgehead atoms. The Balaban J connectivity index is 1.83. The third-order valence-corrected chi connectivity index (χ3v) is 5.09. The van der Waals surface area contributed by atoms with Crippen LogP contribution in [0.5, 0.6) is 0 Å².